The van der Waals surface area contributed by atoms with Gasteiger partial charge in [-0.15, -0.1) is 0 Å². The van der Waals surface area contributed by atoms with Gasteiger partial charge in [0, 0.05) is 25.2 Å². The normalized spacial score (nSPS) is 17.3. The summed E-state index contributed by atoms with van der Waals surface area (Å²) >= 11 is 0. The van der Waals surface area contributed by atoms with Crippen LogP contribution in [0.1, 0.15) is 31.7 Å². The summed E-state index contributed by atoms with van der Waals surface area (Å²) in [5.74, 6) is 6.48. The summed E-state index contributed by atoms with van der Waals surface area (Å²) in [6.07, 6.45) is 3.00. The van der Waals surface area contributed by atoms with E-state index in [4.69, 9.17) is 14.2 Å². The number of methoxy groups -OCH3 is 1. The van der Waals surface area contributed by atoms with Crippen molar-refractivity contribution >= 4 is 11.6 Å². The third-order valence-electron chi connectivity index (χ3n) is 3.24. The second-order valence-electron chi connectivity index (χ2n) is 5.00. The molecule has 0 saturated carbocycles. The van der Waals surface area contributed by atoms with Gasteiger partial charge in [-0.2, -0.15) is 0 Å². The number of carbonyl (C=O) groups excluding carboxylic acids is 1. The first-order valence-electron chi connectivity index (χ1n) is 7.37. The molecule has 1 heterocycles. The minimum atomic E-state index is -0.150. The lowest BCUT2D eigenvalue weighted by atomic mass is 10.1. The van der Waals surface area contributed by atoms with Crippen molar-refractivity contribution in [3.63, 3.8) is 0 Å². The van der Waals surface area contributed by atoms with Gasteiger partial charge in [0.2, 0.25) is 5.91 Å². The average molecular weight is 303 g/mol. The smallest absolute Gasteiger partial charge is 0.221 e. The van der Waals surface area contributed by atoms with Crippen LogP contribution in [-0.4, -0.2) is 32.5 Å². The number of ether oxygens (including phenoxy) is 3. The number of carbonyl (C=O) groups is 1. The first-order chi connectivity index (χ1) is 10.7. The fourth-order valence-corrected chi connectivity index (χ4v) is 2.16. The lowest BCUT2D eigenvalue weighted by molar-refractivity contribution is -0.154. The summed E-state index contributed by atoms with van der Waals surface area (Å²) in [5, 5.41) is 2.75. The zero-order valence-corrected chi connectivity index (χ0v) is 13.0. The molecule has 1 unspecified atom stereocenters. The molecule has 0 radical (unpaired) electrons. The number of hydrogen-bond acceptors (Lipinski definition) is 4. The van der Waals surface area contributed by atoms with Gasteiger partial charge >= 0.3 is 0 Å². The molecule has 22 heavy (non-hydrogen) atoms. The number of anilines is 1. The molecule has 5 nitrogen and oxygen atoms in total. The van der Waals surface area contributed by atoms with E-state index in [1.54, 1.807) is 19.2 Å². The molecule has 0 aliphatic carbocycles. The topological polar surface area (TPSA) is 56.8 Å². The fraction of sp³-hybridized carbons (Fsp3) is 0.471. The lowest BCUT2D eigenvalue weighted by Crippen LogP contribution is -2.22. The van der Waals surface area contributed by atoms with E-state index >= 15 is 0 Å². The first kappa shape index (κ1) is 16.3. The summed E-state index contributed by atoms with van der Waals surface area (Å²) in [6, 6.07) is 5.37. The zero-order chi connectivity index (χ0) is 15.8. The van der Waals surface area contributed by atoms with Gasteiger partial charge < -0.3 is 19.5 Å². The summed E-state index contributed by atoms with van der Waals surface area (Å²) in [4.78, 5) is 11.3. The van der Waals surface area contributed by atoms with Crippen LogP contribution in [0.15, 0.2) is 18.2 Å². The molecule has 1 saturated heterocycles. The Morgan fingerprint density at radius 2 is 2.32 bits per heavy atom. The van der Waals surface area contributed by atoms with Crippen LogP contribution in [0.3, 0.4) is 0 Å². The monoisotopic (exact) mass is 303 g/mol. The van der Waals surface area contributed by atoms with E-state index in [0.29, 0.717) is 18.0 Å². The van der Waals surface area contributed by atoms with E-state index in [2.05, 4.69) is 17.2 Å². The minimum Gasteiger partial charge on any atom is -0.497 e. The maximum atomic E-state index is 11.3. The van der Waals surface area contributed by atoms with Gasteiger partial charge in [-0.25, -0.2) is 0 Å². The summed E-state index contributed by atoms with van der Waals surface area (Å²) < 4.78 is 16.2. The standard InChI is InChI=1S/C17H21NO4/c1-13(19)18-16-12-15(20-2)9-8-14(16)6-5-11-22-17-7-3-4-10-21-17/h8-9,12,17H,3-4,7,10-11H2,1-2H3,(H,18,19). The average Bonchev–Trinajstić information content (AvgIpc) is 2.53. The van der Waals surface area contributed by atoms with Gasteiger partial charge in [-0.3, -0.25) is 4.79 Å². The van der Waals surface area contributed by atoms with Gasteiger partial charge in [-0.1, -0.05) is 11.8 Å². The molecule has 118 valence electrons. The Morgan fingerprint density at radius 3 is 3.00 bits per heavy atom. The third-order valence-corrected chi connectivity index (χ3v) is 3.24. The zero-order valence-electron chi connectivity index (χ0n) is 13.0. The van der Waals surface area contributed by atoms with E-state index < -0.39 is 0 Å². The van der Waals surface area contributed by atoms with Gasteiger partial charge in [0.25, 0.3) is 0 Å². The molecule has 0 aromatic heterocycles. The molecule has 1 aromatic rings. The Morgan fingerprint density at radius 1 is 1.45 bits per heavy atom. The van der Waals surface area contributed by atoms with Crippen molar-refractivity contribution in [2.45, 2.75) is 32.5 Å². The number of amides is 1. The molecule has 1 N–H and O–H groups in total. The van der Waals surface area contributed by atoms with Crippen molar-refractivity contribution in [2.24, 2.45) is 0 Å². The molecular formula is C17H21NO4. The third kappa shape index (κ3) is 5.06. The van der Waals surface area contributed by atoms with Crippen molar-refractivity contribution < 1.29 is 19.0 Å². The summed E-state index contributed by atoms with van der Waals surface area (Å²) in [5.41, 5.74) is 1.36. The predicted molar refractivity (Wildman–Crippen MR) is 83.7 cm³/mol. The molecule has 5 heteroatoms. The second kappa shape index (κ2) is 8.42. The molecule has 1 aliphatic heterocycles. The molecule has 2 rings (SSSR count). The molecular weight excluding hydrogens is 282 g/mol. The second-order valence-corrected chi connectivity index (χ2v) is 5.00. The van der Waals surface area contributed by atoms with Crippen LogP contribution in [0.5, 0.6) is 5.75 Å². The Kier molecular flexibility index (Phi) is 6.26. The predicted octanol–water partition coefficient (Wildman–Crippen LogP) is 2.55. The maximum absolute atomic E-state index is 11.3. The molecule has 1 fully saturated rings. The highest BCUT2D eigenvalue weighted by Gasteiger charge is 2.12. The Hall–Kier alpha value is -2.03. The largest absolute Gasteiger partial charge is 0.497 e. The minimum absolute atomic E-state index is 0.145. The van der Waals surface area contributed by atoms with Crippen LogP contribution in [0.4, 0.5) is 5.69 Å². The van der Waals surface area contributed by atoms with Gasteiger partial charge in [-0.05, 0) is 31.4 Å². The maximum Gasteiger partial charge on any atom is 0.221 e. The van der Waals surface area contributed by atoms with Gasteiger partial charge in [0.05, 0.1) is 12.8 Å². The van der Waals surface area contributed by atoms with Crippen molar-refractivity contribution in [3.05, 3.63) is 23.8 Å². The number of benzene rings is 1. The Balaban J connectivity index is 1.98. The van der Waals surface area contributed by atoms with E-state index in [1.165, 1.54) is 6.92 Å². The fourth-order valence-electron chi connectivity index (χ4n) is 2.16. The highest BCUT2D eigenvalue weighted by molar-refractivity contribution is 5.90. The van der Waals surface area contributed by atoms with E-state index in [9.17, 15) is 4.79 Å². The highest BCUT2D eigenvalue weighted by atomic mass is 16.7. The summed E-state index contributed by atoms with van der Waals surface area (Å²) in [7, 11) is 1.58. The molecule has 1 aliphatic rings. The molecule has 0 bridgehead atoms. The van der Waals surface area contributed by atoms with Gasteiger partial charge in [0.15, 0.2) is 6.29 Å². The first-order valence-corrected chi connectivity index (χ1v) is 7.37. The molecule has 1 aromatic carbocycles. The van der Waals surface area contributed by atoms with Crippen LogP contribution in [0, 0.1) is 11.8 Å². The van der Waals surface area contributed by atoms with Crippen molar-refractivity contribution in [1.29, 1.82) is 0 Å². The Labute approximate surface area is 130 Å². The number of nitrogens with one attached hydrogen (secondary N) is 1. The molecule has 1 amide bonds. The molecule has 0 spiro atoms. The Bertz CT molecular complexity index is 568. The molecule has 1 atom stereocenters. The van der Waals surface area contributed by atoms with E-state index in [0.717, 1.165) is 31.4 Å². The van der Waals surface area contributed by atoms with Crippen molar-refractivity contribution in [1.82, 2.24) is 0 Å². The van der Waals surface area contributed by atoms with Crippen LogP contribution >= 0.6 is 0 Å². The highest BCUT2D eigenvalue weighted by Crippen LogP contribution is 2.22. The van der Waals surface area contributed by atoms with Crippen LogP contribution in [0.25, 0.3) is 0 Å². The van der Waals surface area contributed by atoms with Crippen molar-refractivity contribution in [2.75, 3.05) is 25.6 Å². The lowest BCUT2D eigenvalue weighted by Gasteiger charge is -2.21. The SMILES string of the molecule is COc1ccc(C#CCOC2CCCCO2)c(NC(C)=O)c1. The van der Waals surface area contributed by atoms with E-state index in [1.807, 2.05) is 6.07 Å². The number of hydrogen-bond donors (Lipinski definition) is 1. The van der Waals surface area contributed by atoms with Crippen molar-refractivity contribution in [3.8, 4) is 17.6 Å². The number of rotatable bonds is 4. The quantitative estimate of drug-likeness (QED) is 0.869. The van der Waals surface area contributed by atoms with E-state index in [-0.39, 0.29) is 12.2 Å². The van der Waals surface area contributed by atoms with Gasteiger partial charge in [0.1, 0.15) is 12.4 Å². The van der Waals surface area contributed by atoms with Crippen LogP contribution in [0.2, 0.25) is 0 Å². The van der Waals surface area contributed by atoms with Crippen LogP contribution in [-0.2, 0) is 14.3 Å². The summed E-state index contributed by atoms with van der Waals surface area (Å²) in [6.45, 7) is 2.51. The van der Waals surface area contributed by atoms with Crippen LogP contribution < -0.4 is 10.1 Å².